The molecule has 0 bridgehead atoms. The van der Waals surface area contributed by atoms with Crippen LogP contribution in [0, 0.1) is 5.92 Å². The van der Waals surface area contributed by atoms with E-state index in [1.165, 1.54) is 0 Å². The molecule has 2 N–H and O–H groups in total. The molecule has 10 heteroatoms. The van der Waals surface area contributed by atoms with Gasteiger partial charge in [-0.3, -0.25) is 14.5 Å². The molecule has 3 aromatic rings. The number of fused-ring (bicyclic) bond motifs is 1. The number of ether oxygens (including phenoxy) is 4. The number of likely N-dealkylation sites (tertiary alicyclic amines) is 1. The number of rotatable bonds is 13. The number of benzene rings is 3. The van der Waals surface area contributed by atoms with E-state index in [1.807, 2.05) is 80.3 Å². The number of carboxylic acids is 1. The van der Waals surface area contributed by atoms with Gasteiger partial charge in [-0.05, 0) is 78.4 Å². The molecule has 0 spiro atoms. The summed E-state index contributed by atoms with van der Waals surface area (Å²) in [6.45, 7) is 8.77. The van der Waals surface area contributed by atoms with Gasteiger partial charge in [0, 0.05) is 35.8 Å². The van der Waals surface area contributed by atoms with Gasteiger partial charge in [0.25, 0.3) is 0 Å². The summed E-state index contributed by atoms with van der Waals surface area (Å²) < 4.78 is 22.7. The highest BCUT2D eigenvalue weighted by Crippen LogP contribution is 2.47. The quantitative estimate of drug-likeness (QED) is 0.216. The Hall–Kier alpha value is -3.79. The Morgan fingerprint density at radius 2 is 1.60 bits per heavy atom. The van der Waals surface area contributed by atoms with E-state index in [0.717, 1.165) is 27.9 Å². The zero-order valence-electron chi connectivity index (χ0n) is 26.0. The molecule has 0 radical (unpaired) electrons. The van der Waals surface area contributed by atoms with Gasteiger partial charge in [0.2, 0.25) is 5.91 Å². The largest absolute Gasteiger partial charge is 0.491 e. The van der Waals surface area contributed by atoms with Crippen LogP contribution in [-0.2, 0) is 27.2 Å². The number of halogens is 1. The van der Waals surface area contributed by atoms with Crippen molar-refractivity contribution in [2.24, 2.45) is 5.92 Å². The molecular weight excluding hydrogens is 596 g/mol. The molecule has 1 fully saturated rings. The summed E-state index contributed by atoms with van der Waals surface area (Å²) in [5.74, 6) is -0.453. The lowest BCUT2D eigenvalue weighted by molar-refractivity contribution is -0.143. The van der Waals surface area contributed by atoms with Gasteiger partial charge in [-0.2, -0.15) is 0 Å². The fraction of sp³-hybridized carbons (Fsp3) is 0.429. The molecule has 0 saturated carbocycles. The summed E-state index contributed by atoms with van der Waals surface area (Å²) in [4.78, 5) is 28.7. The lowest BCUT2D eigenvalue weighted by Gasteiger charge is -2.27. The molecule has 2 aliphatic rings. The SMILES string of the molecule is CCOCCOc1ccc([C@H]2C(C(=O)O)[C@@H](c3ccc4c(c3)OCCO4)CN2CC(=O)Nc2c(CC)cc(Cl)cc2CC)cc1. The van der Waals surface area contributed by atoms with Gasteiger partial charge in [0.05, 0.1) is 19.1 Å². The molecule has 45 heavy (non-hydrogen) atoms. The number of hydrogen-bond donors (Lipinski definition) is 2. The first-order valence-corrected chi connectivity index (χ1v) is 16.0. The van der Waals surface area contributed by atoms with E-state index < -0.39 is 23.8 Å². The Balaban J connectivity index is 1.45. The monoisotopic (exact) mass is 636 g/mol. The molecule has 0 aromatic heterocycles. The van der Waals surface area contributed by atoms with Crippen molar-refractivity contribution in [2.45, 2.75) is 45.6 Å². The van der Waals surface area contributed by atoms with Crippen molar-refractivity contribution in [3.63, 3.8) is 0 Å². The number of carbonyl (C=O) groups is 2. The van der Waals surface area contributed by atoms with Crippen LogP contribution in [0.15, 0.2) is 54.6 Å². The number of aliphatic carboxylic acids is 1. The zero-order valence-corrected chi connectivity index (χ0v) is 26.8. The number of carboxylic acid groups (broad SMARTS) is 1. The van der Waals surface area contributed by atoms with Gasteiger partial charge in [-0.15, -0.1) is 0 Å². The molecule has 0 aliphatic carbocycles. The van der Waals surface area contributed by atoms with Crippen LogP contribution < -0.4 is 19.5 Å². The molecule has 3 atom stereocenters. The molecule has 240 valence electrons. The number of anilines is 1. The maximum absolute atomic E-state index is 13.7. The average molecular weight is 637 g/mol. The molecule has 1 unspecified atom stereocenters. The minimum atomic E-state index is -0.931. The first kappa shape index (κ1) is 32.6. The molecule has 2 heterocycles. The number of nitrogens with one attached hydrogen (secondary N) is 1. The first-order valence-electron chi connectivity index (χ1n) is 15.6. The Labute approximate surface area is 269 Å². The van der Waals surface area contributed by atoms with Gasteiger partial charge in [0.1, 0.15) is 25.6 Å². The predicted molar refractivity (Wildman–Crippen MR) is 173 cm³/mol. The van der Waals surface area contributed by atoms with E-state index in [4.69, 9.17) is 30.5 Å². The highest BCUT2D eigenvalue weighted by Gasteiger charge is 2.48. The number of hydrogen-bond acceptors (Lipinski definition) is 7. The van der Waals surface area contributed by atoms with Crippen LogP contribution >= 0.6 is 11.6 Å². The van der Waals surface area contributed by atoms with E-state index in [9.17, 15) is 14.7 Å². The molecule has 5 rings (SSSR count). The summed E-state index contributed by atoms with van der Waals surface area (Å²) in [6, 6.07) is 16.3. The highest BCUT2D eigenvalue weighted by atomic mass is 35.5. The highest BCUT2D eigenvalue weighted by molar-refractivity contribution is 6.30. The van der Waals surface area contributed by atoms with Crippen molar-refractivity contribution in [3.8, 4) is 17.2 Å². The Bertz CT molecular complexity index is 1470. The fourth-order valence-electron chi connectivity index (χ4n) is 6.35. The van der Waals surface area contributed by atoms with E-state index in [-0.39, 0.29) is 12.5 Å². The average Bonchev–Trinajstić information content (AvgIpc) is 3.42. The Morgan fingerprint density at radius 3 is 2.24 bits per heavy atom. The van der Waals surface area contributed by atoms with Crippen LogP contribution in [0.4, 0.5) is 5.69 Å². The molecular formula is C35H41ClN2O7. The summed E-state index contributed by atoms with van der Waals surface area (Å²) in [5, 5.41) is 14.4. The minimum Gasteiger partial charge on any atom is -0.491 e. The topological polar surface area (TPSA) is 107 Å². The van der Waals surface area contributed by atoms with Crippen molar-refractivity contribution in [3.05, 3.63) is 81.9 Å². The van der Waals surface area contributed by atoms with E-state index in [0.29, 0.717) is 74.7 Å². The van der Waals surface area contributed by atoms with Crippen molar-refractivity contribution < 1.29 is 33.6 Å². The predicted octanol–water partition coefficient (Wildman–Crippen LogP) is 6.13. The van der Waals surface area contributed by atoms with Crippen LogP contribution in [0.25, 0.3) is 0 Å². The smallest absolute Gasteiger partial charge is 0.309 e. The standard InChI is InChI=1S/C35H41ClN2O7/c1-4-22-17-26(36)18-23(5-2)33(22)37-31(39)21-38-20-28(25-9-12-29-30(19-25)45-16-15-44-29)32(35(40)41)34(38)24-7-10-27(11-8-24)43-14-13-42-6-3/h7-12,17-19,28,32,34H,4-6,13-16,20-21H2,1-3H3,(H,37,39)(H,40,41)/t28-,32?,34+/m1/s1. The van der Waals surface area contributed by atoms with E-state index >= 15 is 0 Å². The van der Waals surface area contributed by atoms with Gasteiger partial charge in [0.15, 0.2) is 11.5 Å². The molecule has 9 nitrogen and oxygen atoms in total. The second-order valence-corrected chi connectivity index (χ2v) is 11.7. The molecule has 1 amide bonds. The van der Waals surface area contributed by atoms with Crippen molar-refractivity contribution in [1.29, 1.82) is 0 Å². The summed E-state index contributed by atoms with van der Waals surface area (Å²) in [5.41, 5.74) is 4.32. The van der Waals surface area contributed by atoms with Gasteiger partial charge >= 0.3 is 5.97 Å². The number of amides is 1. The van der Waals surface area contributed by atoms with Crippen molar-refractivity contribution in [1.82, 2.24) is 4.90 Å². The molecule has 1 saturated heterocycles. The lowest BCUT2D eigenvalue weighted by Crippen LogP contribution is -2.35. The van der Waals surface area contributed by atoms with Gasteiger partial charge in [-0.1, -0.05) is 43.6 Å². The Morgan fingerprint density at radius 1 is 0.933 bits per heavy atom. The number of aryl methyl sites for hydroxylation is 2. The maximum Gasteiger partial charge on any atom is 0.309 e. The van der Waals surface area contributed by atoms with Crippen LogP contribution in [0.5, 0.6) is 17.2 Å². The third kappa shape index (κ3) is 7.54. The summed E-state index contributed by atoms with van der Waals surface area (Å²) >= 11 is 6.35. The van der Waals surface area contributed by atoms with Gasteiger partial charge < -0.3 is 29.4 Å². The summed E-state index contributed by atoms with van der Waals surface area (Å²) in [7, 11) is 0. The van der Waals surface area contributed by atoms with E-state index in [1.54, 1.807) is 0 Å². The Kier molecular flexibility index (Phi) is 10.9. The zero-order chi connectivity index (χ0) is 31.9. The third-order valence-corrected chi connectivity index (χ3v) is 8.66. The summed E-state index contributed by atoms with van der Waals surface area (Å²) in [6.07, 6.45) is 1.42. The fourth-order valence-corrected chi connectivity index (χ4v) is 6.61. The van der Waals surface area contributed by atoms with E-state index in [2.05, 4.69) is 5.32 Å². The van der Waals surface area contributed by atoms with Crippen LogP contribution in [0.1, 0.15) is 55.0 Å². The van der Waals surface area contributed by atoms with Crippen LogP contribution in [0.2, 0.25) is 5.02 Å². The molecule has 3 aromatic carbocycles. The molecule has 2 aliphatic heterocycles. The lowest BCUT2D eigenvalue weighted by atomic mass is 9.82. The van der Waals surface area contributed by atoms with Gasteiger partial charge in [-0.25, -0.2) is 0 Å². The second kappa shape index (κ2) is 15.0. The van der Waals surface area contributed by atoms with Crippen LogP contribution in [-0.4, -0.2) is 68.0 Å². The maximum atomic E-state index is 13.7. The second-order valence-electron chi connectivity index (χ2n) is 11.2. The van der Waals surface area contributed by atoms with Crippen LogP contribution in [0.3, 0.4) is 0 Å². The van der Waals surface area contributed by atoms with Crippen molar-refractivity contribution >= 4 is 29.2 Å². The number of nitrogens with zero attached hydrogens (tertiary/aromatic N) is 1. The number of carbonyl (C=O) groups excluding carboxylic acids is 1. The van der Waals surface area contributed by atoms with Crippen molar-refractivity contribution in [2.75, 3.05) is 51.4 Å². The third-order valence-electron chi connectivity index (χ3n) is 8.44. The normalized spacial score (nSPS) is 19.3. The first-order chi connectivity index (χ1) is 21.8. The minimum absolute atomic E-state index is 0.0110.